The van der Waals surface area contributed by atoms with Gasteiger partial charge in [0.15, 0.2) is 0 Å². The quantitative estimate of drug-likeness (QED) is 0.478. The van der Waals surface area contributed by atoms with Gasteiger partial charge in [0.05, 0.1) is 5.02 Å². The maximum Gasteiger partial charge on any atom is 0.493 e. The van der Waals surface area contributed by atoms with Crippen LogP contribution in [0.5, 0.6) is 0 Å². The first-order valence-electron chi connectivity index (χ1n) is 3.20. The topological polar surface area (TPSA) is 53.4 Å². The van der Waals surface area contributed by atoms with Crippen molar-refractivity contribution in [3.05, 3.63) is 22.7 Å². The number of nitrogens with zero attached hydrogens (tertiary/aromatic N) is 1. The molecule has 0 fully saturated rings. The fourth-order valence-corrected chi connectivity index (χ4v) is 1.01. The maximum absolute atomic E-state index is 12.8. The Balaban J connectivity index is 3.33. The Bertz CT molecular complexity index is 308. The highest BCUT2D eigenvalue weighted by Gasteiger charge is 2.21. The summed E-state index contributed by atoms with van der Waals surface area (Å²) in [5.41, 5.74) is 0.0154. The molecule has 0 aliphatic rings. The van der Waals surface area contributed by atoms with Gasteiger partial charge in [0.25, 0.3) is 0 Å². The SMILES string of the molecule is Cc1c(Cl)cnc(F)c1B(O)O. The van der Waals surface area contributed by atoms with E-state index in [-0.39, 0.29) is 10.5 Å². The van der Waals surface area contributed by atoms with Crippen LogP contribution in [0.15, 0.2) is 6.20 Å². The number of rotatable bonds is 1. The molecule has 0 radical (unpaired) electrons. The first-order chi connectivity index (χ1) is 5.54. The number of hydrogen-bond acceptors (Lipinski definition) is 3. The molecular weight excluding hydrogens is 183 g/mol. The van der Waals surface area contributed by atoms with Crippen LogP contribution < -0.4 is 5.46 Å². The van der Waals surface area contributed by atoms with Crippen LogP contribution in [0.1, 0.15) is 5.56 Å². The lowest BCUT2D eigenvalue weighted by atomic mass is 9.78. The molecule has 0 atom stereocenters. The Kier molecular flexibility index (Phi) is 2.67. The van der Waals surface area contributed by atoms with Crippen molar-refractivity contribution < 1.29 is 14.4 Å². The van der Waals surface area contributed by atoms with E-state index in [0.717, 1.165) is 6.20 Å². The average Bonchev–Trinajstić information content (AvgIpc) is 1.97. The van der Waals surface area contributed by atoms with E-state index < -0.39 is 13.1 Å². The summed E-state index contributed by atoms with van der Waals surface area (Å²) in [4.78, 5) is 3.24. The highest BCUT2D eigenvalue weighted by Crippen LogP contribution is 2.11. The van der Waals surface area contributed by atoms with Crippen molar-refractivity contribution in [1.82, 2.24) is 4.98 Å². The van der Waals surface area contributed by atoms with Crippen molar-refractivity contribution in [3.8, 4) is 0 Å². The number of pyridine rings is 1. The third-order valence-corrected chi connectivity index (χ3v) is 1.92. The van der Waals surface area contributed by atoms with Crippen molar-refractivity contribution in [1.29, 1.82) is 0 Å². The summed E-state index contributed by atoms with van der Waals surface area (Å²) in [6, 6.07) is 0. The minimum absolute atomic E-state index is 0.208. The van der Waals surface area contributed by atoms with E-state index in [4.69, 9.17) is 21.6 Å². The smallest absolute Gasteiger partial charge is 0.423 e. The second-order valence-electron chi connectivity index (χ2n) is 2.31. The van der Waals surface area contributed by atoms with E-state index in [0.29, 0.717) is 5.56 Å². The molecular formula is C6H6BClFNO2. The minimum atomic E-state index is -1.88. The molecule has 2 N–H and O–H groups in total. The molecule has 0 saturated carbocycles. The summed E-state index contributed by atoms with van der Waals surface area (Å²) < 4.78 is 12.8. The van der Waals surface area contributed by atoms with E-state index in [2.05, 4.69) is 4.98 Å². The number of halogens is 2. The molecule has 1 aromatic heterocycles. The predicted molar refractivity (Wildman–Crippen MR) is 43.8 cm³/mol. The van der Waals surface area contributed by atoms with E-state index in [1.165, 1.54) is 6.92 Å². The molecule has 0 unspecified atom stereocenters. The molecule has 0 spiro atoms. The minimum Gasteiger partial charge on any atom is -0.423 e. The summed E-state index contributed by atoms with van der Waals surface area (Å²) in [6.07, 6.45) is 1.12. The zero-order chi connectivity index (χ0) is 9.30. The average molecular weight is 189 g/mol. The van der Waals surface area contributed by atoms with Gasteiger partial charge >= 0.3 is 7.12 Å². The molecule has 6 heteroatoms. The molecule has 1 heterocycles. The van der Waals surface area contributed by atoms with Crippen LogP contribution in [0.25, 0.3) is 0 Å². The van der Waals surface area contributed by atoms with Crippen molar-refractivity contribution in [2.45, 2.75) is 6.92 Å². The van der Waals surface area contributed by atoms with Gasteiger partial charge in [-0.2, -0.15) is 4.39 Å². The standard InChI is InChI=1S/C6H6BClFNO2/c1-3-4(8)2-10-6(9)5(3)7(11)12/h2,11-12H,1H3. The summed E-state index contributed by atoms with van der Waals surface area (Å²) in [7, 11) is -1.88. The van der Waals surface area contributed by atoms with Gasteiger partial charge in [-0.25, -0.2) is 4.98 Å². The van der Waals surface area contributed by atoms with Crippen LogP contribution in [-0.4, -0.2) is 22.2 Å². The Labute approximate surface area is 74.0 Å². The van der Waals surface area contributed by atoms with Crippen LogP contribution in [0.2, 0.25) is 5.02 Å². The second-order valence-corrected chi connectivity index (χ2v) is 2.72. The van der Waals surface area contributed by atoms with Crippen LogP contribution in [-0.2, 0) is 0 Å². The molecule has 0 aromatic carbocycles. The Morgan fingerprint density at radius 2 is 2.17 bits per heavy atom. The first kappa shape index (κ1) is 9.44. The van der Waals surface area contributed by atoms with E-state index in [9.17, 15) is 4.39 Å². The van der Waals surface area contributed by atoms with E-state index in [1.807, 2.05) is 0 Å². The molecule has 1 aromatic rings. The molecule has 0 amide bonds. The molecule has 0 aliphatic heterocycles. The van der Waals surface area contributed by atoms with Crippen LogP contribution in [0.4, 0.5) is 4.39 Å². The number of aromatic nitrogens is 1. The lowest BCUT2D eigenvalue weighted by Gasteiger charge is -2.05. The van der Waals surface area contributed by atoms with E-state index in [1.54, 1.807) is 0 Å². The molecule has 3 nitrogen and oxygen atoms in total. The highest BCUT2D eigenvalue weighted by atomic mass is 35.5. The normalized spacial score (nSPS) is 10.1. The second kappa shape index (κ2) is 3.39. The van der Waals surface area contributed by atoms with Gasteiger partial charge in [0.1, 0.15) is 0 Å². The molecule has 0 bridgehead atoms. The molecule has 64 valence electrons. The third-order valence-electron chi connectivity index (χ3n) is 1.53. The lowest BCUT2D eigenvalue weighted by molar-refractivity contribution is 0.421. The van der Waals surface area contributed by atoms with Gasteiger partial charge in [-0.3, -0.25) is 0 Å². The van der Waals surface area contributed by atoms with Gasteiger partial charge in [-0.15, -0.1) is 0 Å². The highest BCUT2D eigenvalue weighted by molar-refractivity contribution is 6.59. The van der Waals surface area contributed by atoms with Crippen molar-refractivity contribution in [2.75, 3.05) is 0 Å². The van der Waals surface area contributed by atoms with Crippen molar-refractivity contribution in [3.63, 3.8) is 0 Å². The summed E-state index contributed by atoms with van der Waals surface area (Å²) in [5, 5.41) is 17.7. The fourth-order valence-electron chi connectivity index (χ4n) is 0.863. The number of hydrogen-bond donors (Lipinski definition) is 2. The summed E-state index contributed by atoms with van der Waals surface area (Å²) in [5.74, 6) is -0.910. The zero-order valence-electron chi connectivity index (χ0n) is 6.25. The summed E-state index contributed by atoms with van der Waals surface area (Å²) in [6.45, 7) is 1.49. The van der Waals surface area contributed by atoms with Crippen molar-refractivity contribution in [2.24, 2.45) is 0 Å². The van der Waals surface area contributed by atoms with Crippen LogP contribution >= 0.6 is 11.6 Å². The largest absolute Gasteiger partial charge is 0.493 e. The maximum atomic E-state index is 12.8. The van der Waals surface area contributed by atoms with Crippen LogP contribution in [0, 0.1) is 12.9 Å². The third kappa shape index (κ3) is 1.58. The summed E-state index contributed by atoms with van der Waals surface area (Å²) >= 11 is 5.58. The van der Waals surface area contributed by atoms with Gasteiger partial charge in [0, 0.05) is 11.7 Å². The fraction of sp³-hybridized carbons (Fsp3) is 0.167. The Morgan fingerprint density at radius 1 is 1.58 bits per heavy atom. The van der Waals surface area contributed by atoms with Gasteiger partial charge in [-0.05, 0) is 12.5 Å². The van der Waals surface area contributed by atoms with Gasteiger partial charge < -0.3 is 10.0 Å². The zero-order valence-corrected chi connectivity index (χ0v) is 7.01. The molecule has 0 saturated heterocycles. The molecule has 12 heavy (non-hydrogen) atoms. The van der Waals surface area contributed by atoms with Gasteiger partial charge in [-0.1, -0.05) is 11.6 Å². The Morgan fingerprint density at radius 3 is 2.58 bits per heavy atom. The van der Waals surface area contributed by atoms with E-state index >= 15 is 0 Å². The lowest BCUT2D eigenvalue weighted by Crippen LogP contribution is -2.36. The monoisotopic (exact) mass is 189 g/mol. The Hall–Kier alpha value is -0.645. The molecule has 0 aliphatic carbocycles. The van der Waals surface area contributed by atoms with Crippen LogP contribution in [0.3, 0.4) is 0 Å². The van der Waals surface area contributed by atoms with Gasteiger partial charge in [0.2, 0.25) is 5.95 Å². The molecule has 1 rings (SSSR count). The van der Waals surface area contributed by atoms with Crippen molar-refractivity contribution >= 4 is 24.2 Å². The predicted octanol–water partition coefficient (Wildman–Crippen LogP) is -0.138. The first-order valence-corrected chi connectivity index (χ1v) is 3.58.